The summed E-state index contributed by atoms with van der Waals surface area (Å²) >= 11 is 0. The van der Waals surface area contributed by atoms with E-state index in [4.69, 9.17) is 5.10 Å². The van der Waals surface area contributed by atoms with Gasteiger partial charge in [-0.2, -0.15) is 5.10 Å². The van der Waals surface area contributed by atoms with Crippen molar-refractivity contribution in [1.29, 1.82) is 0 Å². The van der Waals surface area contributed by atoms with Crippen molar-refractivity contribution in [3.63, 3.8) is 0 Å². The summed E-state index contributed by atoms with van der Waals surface area (Å²) in [7, 11) is 0. The Bertz CT molecular complexity index is 1480. The number of amides is 1. The largest absolute Gasteiger partial charge is 0.321 e. The Morgan fingerprint density at radius 3 is 2.03 bits per heavy atom. The van der Waals surface area contributed by atoms with Gasteiger partial charge in [-0.3, -0.25) is 4.79 Å². The fourth-order valence-electron chi connectivity index (χ4n) is 4.29. The van der Waals surface area contributed by atoms with E-state index in [2.05, 4.69) is 68.6 Å². The van der Waals surface area contributed by atoms with Crippen molar-refractivity contribution < 1.29 is 4.79 Å². The van der Waals surface area contributed by atoms with Crippen molar-refractivity contribution in [2.24, 2.45) is 0 Å². The number of aryl methyl sites for hydroxylation is 1. The number of anilines is 1. The summed E-state index contributed by atoms with van der Waals surface area (Å²) in [6.07, 6.45) is 0. The molecule has 1 amide bonds. The molecule has 1 aromatic heterocycles. The number of para-hydroxylation sites is 1. The van der Waals surface area contributed by atoms with Gasteiger partial charge in [0.1, 0.15) is 0 Å². The standard InChI is InChI=1S/C32H29N3O/c1-22(2)24-17-19-28(20-18-24)33-32(36)29-21-31(35(34-29)30-12-8-7-9-23(30)3)27-15-13-26(14-16-27)25-10-5-4-6-11-25/h4-22H,1-3H3,(H,33,36). The number of rotatable bonds is 6. The number of nitrogens with one attached hydrogen (secondary N) is 1. The highest BCUT2D eigenvalue weighted by molar-refractivity contribution is 6.03. The van der Waals surface area contributed by atoms with E-state index in [9.17, 15) is 4.79 Å². The van der Waals surface area contributed by atoms with Gasteiger partial charge in [-0.25, -0.2) is 4.68 Å². The summed E-state index contributed by atoms with van der Waals surface area (Å²) in [5, 5.41) is 7.74. The first-order valence-electron chi connectivity index (χ1n) is 12.2. The van der Waals surface area contributed by atoms with Crippen LogP contribution in [0.3, 0.4) is 0 Å². The molecule has 0 atom stereocenters. The van der Waals surface area contributed by atoms with E-state index in [0.717, 1.165) is 33.8 Å². The van der Waals surface area contributed by atoms with Gasteiger partial charge >= 0.3 is 0 Å². The van der Waals surface area contributed by atoms with E-state index in [0.29, 0.717) is 11.6 Å². The van der Waals surface area contributed by atoms with Crippen LogP contribution in [0, 0.1) is 6.92 Å². The monoisotopic (exact) mass is 471 g/mol. The molecule has 0 radical (unpaired) electrons. The second-order valence-corrected chi connectivity index (χ2v) is 9.29. The summed E-state index contributed by atoms with van der Waals surface area (Å²) in [6.45, 7) is 6.36. The van der Waals surface area contributed by atoms with Gasteiger partial charge in [0, 0.05) is 11.3 Å². The molecule has 5 rings (SSSR count). The summed E-state index contributed by atoms with van der Waals surface area (Å²) < 4.78 is 1.86. The highest BCUT2D eigenvalue weighted by Crippen LogP contribution is 2.29. The van der Waals surface area contributed by atoms with Gasteiger partial charge in [0.15, 0.2) is 5.69 Å². The maximum Gasteiger partial charge on any atom is 0.276 e. The summed E-state index contributed by atoms with van der Waals surface area (Å²) in [4.78, 5) is 13.2. The van der Waals surface area contributed by atoms with Crippen LogP contribution < -0.4 is 5.32 Å². The predicted octanol–water partition coefficient (Wildman–Crippen LogP) is 7.89. The lowest BCUT2D eigenvalue weighted by Gasteiger charge is -2.11. The van der Waals surface area contributed by atoms with E-state index in [1.165, 1.54) is 11.1 Å². The van der Waals surface area contributed by atoms with Gasteiger partial charge in [-0.15, -0.1) is 0 Å². The first-order valence-corrected chi connectivity index (χ1v) is 12.2. The molecule has 0 aliphatic heterocycles. The average Bonchev–Trinajstić information content (AvgIpc) is 3.35. The SMILES string of the molecule is Cc1ccccc1-n1nc(C(=O)Nc2ccc(C(C)C)cc2)cc1-c1ccc(-c2ccccc2)cc1. The van der Waals surface area contributed by atoms with Crippen LogP contribution in [0.2, 0.25) is 0 Å². The molecule has 178 valence electrons. The maximum absolute atomic E-state index is 13.2. The topological polar surface area (TPSA) is 46.9 Å². The van der Waals surface area contributed by atoms with Gasteiger partial charge < -0.3 is 5.32 Å². The Balaban J connectivity index is 1.50. The van der Waals surface area contributed by atoms with Crippen molar-refractivity contribution in [3.8, 4) is 28.1 Å². The van der Waals surface area contributed by atoms with Crippen LogP contribution in [0.4, 0.5) is 5.69 Å². The van der Waals surface area contributed by atoms with E-state index in [-0.39, 0.29) is 5.91 Å². The minimum atomic E-state index is -0.234. The van der Waals surface area contributed by atoms with Crippen molar-refractivity contribution in [1.82, 2.24) is 9.78 Å². The lowest BCUT2D eigenvalue weighted by molar-refractivity contribution is 0.102. The molecular formula is C32H29N3O. The Hall–Kier alpha value is -4.44. The molecule has 4 heteroatoms. The zero-order chi connectivity index (χ0) is 25.1. The van der Waals surface area contributed by atoms with Crippen LogP contribution in [0.15, 0.2) is 109 Å². The van der Waals surface area contributed by atoms with Crippen LogP contribution in [0.25, 0.3) is 28.1 Å². The van der Waals surface area contributed by atoms with E-state index < -0.39 is 0 Å². The van der Waals surface area contributed by atoms with Crippen LogP contribution in [0.1, 0.15) is 41.4 Å². The van der Waals surface area contributed by atoms with Crippen LogP contribution >= 0.6 is 0 Å². The number of carbonyl (C=O) groups is 1. The number of benzene rings is 4. The number of carbonyl (C=O) groups excluding carboxylic acids is 1. The van der Waals surface area contributed by atoms with Crippen molar-refractivity contribution in [2.45, 2.75) is 26.7 Å². The van der Waals surface area contributed by atoms with Crippen molar-refractivity contribution >= 4 is 11.6 Å². The predicted molar refractivity (Wildman–Crippen MR) is 148 cm³/mol. The third-order valence-electron chi connectivity index (χ3n) is 6.41. The molecule has 0 aliphatic rings. The van der Waals surface area contributed by atoms with Crippen molar-refractivity contribution in [3.05, 3.63) is 126 Å². The zero-order valence-corrected chi connectivity index (χ0v) is 20.8. The second kappa shape index (κ2) is 10.0. The van der Waals surface area contributed by atoms with Gasteiger partial charge in [0.05, 0.1) is 11.4 Å². The molecule has 1 N–H and O–H groups in total. The first kappa shape index (κ1) is 23.3. The first-order chi connectivity index (χ1) is 17.5. The fraction of sp³-hybridized carbons (Fsp3) is 0.125. The number of hydrogen-bond acceptors (Lipinski definition) is 2. The van der Waals surface area contributed by atoms with Crippen LogP contribution in [0.5, 0.6) is 0 Å². The molecule has 0 aliphatic carbocycles. The minimum Gasteiger partial charge on any atom is -0.321 e. The molecular weight excluding hydrogens is 442 g/mol. The molecule has 0 saturated carbocycles. The van der Waals surface area contributed by atoms with Gasteiger partial charge in [-0.05, 0) is 59.4 Å². The number of aromatic nitrogens is 2. The van der Waals surface area contributed by atoms with Gasteiger partial charge in [0.2, 0.25) is 0 Å². The van der Waals surface area contributed by atoms with E-state index in [1.807, 2.05) is 71.4 Å². The molecule has 0 spiro atoms. The Morgan fingerprint density at radius 1 is 0.750 bits per heavy atom. The molecule has 0 saturated heterocycles. The van der Waals surface area contributed by atoms with Crippen molar-refractivity contribution in [2.75, 3.05) is 5.32 Å². The Morgan fingerprint density at radius 2 is 1.36 bits per heavy atom. The third-order valence-corrected chi connectivity index (χ3v) is 6.41. The molecule has 0 unspecified atom stereocenters. The highest BCUT2D eigenvalue weighted by atomic mass is 16.1. The summed E-state index contributed by atoms with van der Waals surface area (Å²) in [5.41, 5.74) is 8.55. The normalized spacial score (nSPS) is 11.0. The molecule has 1 heterocycles. The summed E-state index contributed by atoms with van der Waals surface area (Å²) in [5.74, 6) is 0.206. The summed E-state index contributed by atoms with van der Waals surface area (Å²) in [6, 6.07) is 36.6. The van der Waals surface area contributed by atoms with Crippen LogP contribution in [-0.4, -0.2) is 15.7 Å². The average molecular weight is 472 g/mol. The quantitative estimate of drug-likeness (QED) is 0.274. The number of hydrogen-bond donors (Lipinski definition) is 1. The molecule has 5 aromatic rings. The minimum absolute atomic E-state index is 0.234. The fourth-order valence-corrected chi connectivity index (χ4v) is 4.29. The number of nitrogens with zero attached hydrogens (tertiary/aromatic N) is 2. The highest BCUT2D eigenvalue weighted by Gasteiger charge is 2.18. The third kappa shape index (κ3) is 4.84. The lowest BCUT2D eigenvalue weighted by Crippen LogP contribution is -2.13. The maximum atomic E-state index is 13.2. The molecule has 4 aromatic carbocycles. The van der Waals surface area contributed by atoms with E-state index >= 15 is 0 Å². The van der Waals surface area contributed by atoms with Gasteiger partial charge in [-0.1, -0.05) is 98.8 Å². The smallest absolute Gasteiger partial charge is 0.276 e. The molecule has 36 heavy (non-hydrogen) atoms. The van der Waals surface area contributed by atoms with Crippen LogP contribution in [-0.2, 0) is 0 Å². The lowest BCUT2D eigenvalue weighted by atomic mass is 10.0. The second-order valence-electron chi connectivity index (χ2n) is 9.29. The zero-order valence-electron chi connectivity index (χ0n) is 20.8. The Kier molecular flexibility index (Phi) is 6.50. The molecule has 0 fully saturated rings. The van der Waals surface area contributed by atoms with E-state index in [1.54, 1.807) is 0 Å². The Labute approximate surface area is 212 Å². The molecule has 4 nitrogen and oxygen atoms in total. The van der Waals surface area contributed by atoms with Gasteiger partial charge in [0.25, 0.3) is 5.91 Å². The molecule has 0 bridgehead atoms.